The van der Waals surface area contributed by atoms with Gasteiger partial charge >= 0.3 is 0 Å². The number of nitrogens with zero attached hydrogens (tertiary/aromatic N) is 2. The van der Waals surface area contributed by atoms with Crippen molar-refractivity contribution in [1.29, 1.82) is 0 Å². The second kappa shape index (κ2) is 9.00. The molecule has 30 heavy (non-hydrogen) atoms. The zero-order chi connectivity index (χ0) is 20.9. The summed E-state index contributed by atoms with van der Waals surface area (Å²) in [6, 6.07) is 22.6. The third-order valence-electron chi connectivity index (χ3n) is 5.70. The molecule has 0 N–H and O–H groups in total. The van der Waals surface area contributed by atoms with E-state index in [2.05, 4.69) is 60.5 Å². The summed E-state index contributed by atoms with van der Waals surface area (Å²) < 4.78 is 0. The summed E-state index contributed by atoms with van der Waals surface area (Å²) in [5.41, 5.74) is 4.15. The first kappa shape index (κ1) is 20.0. The molecule has 0 saturated carbocycles. The summed E-state index contributed by atoms with van der Waals surface area (Å²) in [5, 5.41) is 2.21. The van der Waals surface area contributed by atoms with Crippen molar-refractivity contribution < 1.29 is 4.79 Å². The van der Waals surface area contributed by atoms with E-state index in [1.807, 2.05) is 37.4 Å². The van der Waals surface area contributed by atoms with Crippen LogP contribution >= 0.6 is 0 Å². The molecule has 3 heteroatoms. The van der Waals surface area contributed by atoms with Gasteiger partial charge in [-0.2, -0.15) is 0 Å². The fraction of sp³-hybridized carbons (Fsp3) is 0.222. The molecule has 0 bridgehead atoms. The van der Waals surface area contributed by atoms with Crippen LogP contribution in [0.25, 0.3) is 16.3 Å². The maximum Gasteiger partial charge on any atom is 0.251 e. The van der Waals surface area contributed by atoms with Gasteiger partial charge in [-0.1, -0.05) is 74.4 Å². The first-order valence-corrected chi connectivity index (χ1v) is 10.7. The molecule has 0 saturated heterocycles. The van der Waals surface area contributed by atoms with Gasteiger partial charge in [0.2, 0.25) is 0 Å². The molecule has 0 atom stereocenters. The van der Waals surface area contributed by atoms with Crippen molar-refractivity contribution in [2.75, 3.05) is 23.4 Å². The number of amides is 1. The lowest BCUT2D eigenvalue weighted by Crippen LogP contribution is -2.25. The highest BCUT2D eigenvalue weighted by atomic mass is 16.2. The fourth-order valence-corrected chi connectivity index (χ4v) is 4.01. The van der Waals surface area contributed by atoms with Crippen LogP contribution in [-0.2, 0) is 4.79 Å². The van der Waals surface area contributed by atoms with E-state index in [1.54, 1.807) is 11.0 Å². The Kier molecular flexibility index (Phi) is 5.99. The van der Waals surface area contributed by atoms with Crippen LogP contribution in [-0.4, -0.2) is 19.5 Å². The van der Waals surface area contributed by atoms with Gasteiger partial charge in [-0.3, -0.25) is 4.79 Å². The molecule has 1 amide bonds. The number of carbonyl (C=O) groups excluding carboxylic acids is 1. The number of carbonyl (C=O) groups is 1. The number of unbranched alkanes of at least 4 members (excludes halogenated alkanes) is 2. The molecular formula is C27H28N2O. The summed E-state index contributed by atoms with van der Waals surface area (Å²) in [7, 11) is 1.84. The predicted molar refractivity (Wildman–Crippen MR) is 128 cm³/mol. The summed E-state index contributed by atoms with van der Waals surface area (Å²) in [6.45, 7) is 3.22. The van der Waals surface area contributed by atoms with Crippen molar-refractivity contribution in [1.82, 2.24) is 0 Å². The molecule has 152 valence electrons. The molecule has 0 fully saturated rings. The second-order valence-corrected chi connectivity index (χ2v) is 7.73. The van der Waals surface area contributed by atoms with Gasteiger partial charge in [-0.05, 0) is 35.6 Å². The highest BCUT2D eigenvalue weighted by molar-refractivity contribution is 6.11. The Labute approximate surface area is 178 Å². The van der Waals surface area contributed by atoms with Gasteiger partial charge in [0.15, 0.2) is 0 Å². The Hall–Kier alpha value is -3.33. The maximum atomic E-state index is 13.2. The SMILES string of the molecule is CCCCCN1C=C/C(=C\C(=O)N(C)c2cccc3ccccc23)c2ccccc21. The van der Waals surface area contributed by atoms with Crippen LogP contribution in [0.1, 0.15) is 31.7 Å². The Bertz CT molecular complexity index is 1110. The summed E-state index contributed by atoms with van der Waals surface area (Å²) >= 11 is 0. The monoisotopic (exact) mass is 396 g/mol. The summed E-state index contributed by atoms with van der Waals surface area (Å²) in [4.78, 5) is 17.2. The number of fused-ring (bicyclic) bond motifs is 2. The topological polar surface area (TPSA) is 23.6 Å². The number of anilines is 2. The van der Waals surface area contributed by atoms with Gasteiger partial charge in [0.25, 0.3) is 5.91 Å². The average molecular weight is 397 g/mol. The van der Waals surface area contributed by atoms with Crippen molar-refractivity contribution in [2.24, 2.45) is 0 Å². The van der Waals surface area contributed by atoms with Crippen molar-refractivity contribution in [3.63, 3.8) is 0 Å². The second-order valence-electron chi connectivity index (χ2n) is 7.73. The Morgan fingerprint density at radius 3 is 2.60 bits per heavy atom. The van der Waals surface area contributed by atoms with E-state index in [4.69, 9.17) is 0 Å². The maximum absolute atomic E-state index is 13.2. The van der Waals surface area contributed by atoms with E-state index >= 15 is 0 Å². The molecule has 3 aromatic carbocycles. The number of para-hydroxylation sites is 1. The molecule has 1 heterocycles. The highest BCUT2D eigenvalue weighted by Gasteiger charge is 2.18. The van der Waals surface area contributed by atoms with Crippen LogP contribution in [0.4, 0.5) is 11.4 Å². The van der Waals surface area contributed by atoms with Gasteiger partial charge in [0.1, 0.15) is 0 Å². The van der Waals surface area contributed by atoms with Crippen molar-refractivity contribution >= 4 is 33.6 Å². The quantitative estimate of drug-likeness (QED) is 0.355. The number of hydrogen-bond acceptors (Lipinski definition) is 2. The van der Waals surface area contributed by atoms with Crippen LogP contribution in [0.15, 0.2) is 85.1 Å². The molecule has 1 aliphatic rings. The van der Waals surface area contributed by atoms with E-state index in [-0.39, 0.29) is 5.91 Å². The number of benzene rings is 3. The third kappa shape index (κ3) is 4.02. The summed E-state index contributed by atoms with van der Waals surface area (Å²) in [5.74, 6) is -0.0276. The first-order valence-electron chi connectivity index (χ1n) is 10.7. The normalized spacial score (nSPS) is 14.2. The van der Waals surface area contributed by atoms with Gasteiger partial charge in [0, 0.05) is 42.5 Å². The lowest BCUT2D eigenvalue weighted by Gasteiger charge is -2.28. The number of allylic oxidation sites excluding steroid dienone is 2. The molecule has 0 unspecified atom stereocenters. The van der Waals surface area contributed by atoms with Crippen molar-refractivity contribution in [3.8, 4) is 0 Å². The predicted octanol–water partition coefficient (Wildman–Crippen LogP) is 6.41. The molecule has 0 aliphatic carbocycles. The van der Waals surface area contributed by atoms with Gasteiger partial charge in [-0.15, -0.1) is 0 Å². The Morgan fingerprint density at radius 2 is 1.73 bits per heavy atom. The van der Waals surface area contributed by atoms with Crippen LogP contribution in [0, 0.1) is 0 Å². The van der Waals surface area contributed by atoms with Gasteiger partial charge in [-0.25, -0.2) is 0 Å². The van der Waals surface area contributed by atoms with Gasteiger partial charge in [0.05, 0.1) is 5.69 Å². The number of likely N-dealkylation sites (N-methyl/N-ethyl adjacent to an activating group) is 1. The first-order chi connectivity index (χ1) is 14.7. The average Bonchev–Trinajstić information content (AvgIpc) is 2.79. The number of rotatable bonds is 6. The molecule has 4 rings (SSSR count). The zero-order valence-electron chi connectivity index (χ0n) is 17.7. The third-order valence-corrected chi connectivity index (χ3v) is 5.70. The van der Waals surface area contributed by atoms with Crippen LogP contribution in [0.2, 0.25) is 0 Å². The van der Waals surface area contributed by atoms with Crippen LogP contribution < -0.4 is 9.80 Å². The Balaban J connectivity index is 1.63. The molecule has 0 aromatic heterocycles. The smallest absolute Gasteiger partial charge is 0.251 e. The number of hydrogen-bond donors (Lipinski definition) is 0. The zero-order valence-corrected chi connectivity index (χ0v) is 17.7. The minimum Gasteiger partial charge on any atom is -0.347 e. The largest absolute Gasteiger partial charge is 0.347 e. The minimum atomic E-state index is -0.0276. The standard InChI is InChI=1S/C27H28N2O/c1-3-4-9-18-29-19-17-22(24-14-7-8-15-26(24)29)20-27(30)28(2)25-16-10-12-21-11-5-6-13-23(21)25/h5-8,10-17,19-20H,3-4,9,18H2,1-2H3/b22-20+. The van der Waals surface area contributed by atoms with Crippen molar-refractivity contribution in [2.45, 2.75) is 26.2 Å². The Morgan fingerprint density at radius 1 is 0.967 bits per heavy atom. The van der Waals surface area contributed by atoms with Crippen LogP contribution in [0.3, 0.4) is 0 Å². The lowest BCUT2D eigenvalue weighted by molar-refractivity contribution is -0.113. The van der Waals surface area contributed by atoms with Crippen LogP contribution in [0.5, 0.6) is 0 Å². The minimum absolute atomic E-state index is 0.0276. The van der Waals surface area contributed by atoms with E-state index < -0.39 is 0 Å². The van der Waals surface area contributed by atoms with Crippen molar-refractivity contribution in [3.05, 3.63) is 90.6 Å². The van der Waals surface area contributed by atoms with E-state index in [0.717, 1.165) is 40.6 Å². The molecule has 3 nitrogen and oxygen atoms in total. The van der Waals surface area contributed by atoms with E-state index in [0.29, 0.717) is 0 Å². The molecular weight excluding hydrogens is 368 g/mol. The highest BCUT2D eigenvalue weighted by Crippen LogP contribution is 2.33. The molecule has 0 spiro atoms. The van der Waals surface area contributed by atoms with Gasteiger partial charge < -0.3 is 9.80 Å². The molecule has 0 radical (unpaired) electrons. The fourth-order valence-electron chi connectivity index (χ4n) is 4.01. The lowest BCUT2D eigenvalue weighted by atomic mass is 9.99. The molecule has 3 aromatic rings. The summed E-state index contributed by atoms with van der Waals surface area (Å²) in [6.07, 6.45) is 9.51. The molecule has 1 aliphatic heterocycles. The van der Waals surface area contributed by atoms with E-state index in [1.165, 1.54) is 18.5 Å². The van der Waals surface area contributed by atoms with E-state index in [9.17, 15) is 4.79 Å².